The van der Waals surface area contributed by atoms with E-state index in [1.807, 2.05) is 0 Å². The van der Waals surface area contributed by atoms with E-state index in [0.29, 0.717) is 5.56 Å². The Morgan fingerprint density at radius 3 is 2.08 bits per heavy atom. The molecule has 1 N–H and O–H groups in total. The van der Waals surface area contributed by atoms with E-state index in [1.54, 1.807) is 10.2 Å². The van der Waals surface area contributed by atoms with Crippen molar-refractivity contribution in [3.63, 3.8) is 0 Å². The van der Waals surface area contributed by atoms with Crippen molar-refractivity contribution in [1.82, 2.24) is 4.13 Å². The molecule has 0 saturated heterocycles. The summed E-state index contributed by atoms with van der Waals surface area (Å²) < 4.78 is 54.5. The Bertz CT molecular complexity index is 920. The smallest absolute Gasteiger partial charge is 0.337 e. The maximum absolute atomic E-state index is 12.1. The second kappa shape index (κ2) is 7.12. The van der Waals surface area contributed by atoms with E-state index < -0.39 is 31.8 Å². The molecule has 0 fully saturated rings. The Balaban J connectivity index is 2.15. The van der Waals surface area contributed by atoms with Crippen LogP contribution in [-0.2, 0) is 30.5 Å². The number of hydrogen-bond donors (Lipinski definition) is 1. The molecule has 0 spiro atoms. The molecule has 0 amide bonds. The molecule has 0 radical (unpaired) electrons. The topological polar surface area (TPSA) is 107 Å². The van der Waals surface area contributed by atoms with Crippen LogP contribution in [0.2, 0.25) is 0 Å². The van der Waals surface area contributed by atoms with Gasteiger partial charge in [0, 0.05) is 0 Å². The molecule has 0 unspecified atom stereocenters. The number of carbonyl (C=O) groups excluding carboxylic acids is 1. The van der Waals surface area contributed by atoms with E-state index in [2.05, 4.69) is 4.74 Å². The Hall–Kier alpha value is -2.23. The third-order valence-corrected chi connectivity index (χ3v) is 6.52. The van der Waals surface area contributed by atoms with Gasteiger partial charge in [-0.1, -0.05) is 30.3 Å². The first-order chi connectivity index (χ1) is 11.2. The number of rotatable bonds is 6. The van der Waals surface area contributed by atoms with Gasteiger partial charge >= 0.3 is 5.97 Å². The van der Waals surface area contributed by atoms with Gasteiger partial charge in [-0.15, -0.1) is 4.13 Å². The summed E-state index contributed by atoms with van der Waals surface area (Å²) in [5.41, 5.74) is 0.599. The highest BCUT2D eigenvalue weighted by Gasteiger charge is 2.23. The van der Waals surface area contributed by atoms with E-state index >= 15 is 0 Å². The molecule has 0 heterocycles. The maximum atomic E-state index is 12.1. The maximum Gasteiger partial charge on any atom is 0.337 e. The first-order valence-electron chi connectivity index (χ1n) is 6.72. The number of sulfonamides is 2. The summed E-state index contributed by atoms with van der Waals surface area (Å²) >= 11 is 0. The number of hydrogen-bond acceptors (Lipinski definition) is 6. The van der Waals surface area contributed by atoms with E-state index in [4.69, 9.17) is 0 Å². The number of methoxy groups -OCH3 is 1. The predicted octanol–water partition coefficient (Wildman–Crippen LogP) is 1.28. The summed E-state index contributed by atoms with van der Waals surface area (Å²) in [7, 11) is -7.07. The summed E-state index contributed by atoms with van der Waals surface area (Å²) in [5.74, 6) is -1.09. The number of nitrogens with one attached hydrogen (secondary N) is 1. The molecule has 24 heavy (non-hydrogen) atoms. The monoisotopic (exact) mass is 369 g/mol. The second-order valence-electron chi connectivity index (χ2n) is 4.85. The van der Waals surface area contributed by atoms with Gasteiger partial charge in [0.1, 0.15) is 0 Å². The molecule has 2 aromatic rings. The summed E-state index contributed by atoms with van der Waals surface area (Å²) in [6.07, 6.45) is 0. The van der Waals surface area contributed by atoms with Gasteiger partial charge in [0.2, 0.25) is 10.0 Å². The first kappa shape index (κ1) is 18.1. The van der Waals surface area contributed by atoms with Crippen molar-refractivity contribution in [3.05, 3.63) is 65.7 Å². The van der Waals surface area contributed by atoms with Crippen molar-refractivity contribution in [2.75, 3.05) is 7.11 Å². The molecule has 0 aliphatic carbocycles. The highest BCUT2D eigenvalue weighted by molar-refractivity contribution is 8.04. The van der Waals surface area contributed by atoms with Crippen molar-refractivity contribution < 1.29 is 26.4 Å². The van der Waals surface area contributed by atoms with Crippen LogP contribution in [0, 0.1) is 0 Å². The third kappa shape index (κ3) is 4.63. The molecule has 7 nitrogen and oxygen atoms in total. The number of ether oxygens (including phenoxy) is 1. The van der Waals surface area contributed by atoms with Crippen LogP contribution in [-0.4, -0.2) is 29.9 Å². The average Bonchev–Trinajstić information content (AvgIpc) is 2.54. The molecular formula is C15H15NO6S2. The highest BCUT2D eigenvalue weighted by atomic mass is 32.3. The minimum atomic E-state index is -4.18. The van der Waals surface area contributed by atoms with Crippen molar-refractivity contribution in [3.8, 4) is 0 Å². The van der Waals surface area contributed by atoms with Gasteiger partial charge < -0.3 is 4.74 Å². The average molecular weight is 369 g/mol. The molecule has 0 aliphatic heterocycles. The Morgan fingerprint density at radius 2 is 1.54 bits per heavy atom. The van der Waals surface area contributed by atoms with Crippen LogP contribution in [0.25, 0.3) is 0 Å². The van der Waals surface area contributed by atoms with Gasteiger partial charge in [-0.05, 0) is 29.8 Å². The molecule has 2 aromatic carbocycles. The van der Waals surface area contributed by atoms with Crippen LogP contribution in [0.4, 0.5) is 0 Å². The Morgan fingerprint density at radius 1 is 0.958 bits per heavy atom. The van der Waals surface area contributed by atoms with Gasteiger partial charge in [-0.25, -0.2) is 21.6 Å². The predicted molar refractivity (Wildman–Crippen MR) is 87.2 cm³/mol. The number of benzene rings is 2. The normalized spacial score (nSPS) is 11.9. The van der Waals surface area contributed by atoms with Crippen molar-refractivity contribution in [2.24, 2.45) is 0 Å². The molecule has 9 heteroatoms. The van der Waals surface area contributed by atoms with Gasteiger partial charge in [-0.2, -0.15) is 0 Å². The highest BCUT2D eigenvalue weighted by Crippen LogP contribution is 2.12. The molecular weight excluding hydrogens is 354 g/mol. The zero-order valence-electron chi connectivity index (χ0n) is 12.7. The van der Waals surface area contributed by atoms with E-state index in [-0.39, 0.29) is 10.5 Å². The van der Waals surface area contributed by atoms with E-state index in [0.717, 1.165) is 0 Å². The lowest BCUT2D eigenvalue weighted by atomic mass is 10.1. The van der Waals surface area contributed by atoms with E-state index in [1.165, 1.54) is 55.6 Å². The summed E-state index contributed by atoms with van der Waals surface area (Å²) in [4.78, 5) is 11.2. The number of esters is 1. The number of carbonyl (C=O) groups is 1. The molecule has 0 aliphatic rings. The van der Waals surface area contributed by atoms with Crippen molar-refractivity contribution in [2.45, 2.75) is 10.6 Å². The van der Waals surface area contributed by atoms with Crippen LogP contribution in [0.3, 0.4) is 0 Å². The zero-order chi connectivity index (χ0) is 17.8. The first-order valence-corrected chi connectivity index (χ1v) is 9.86. The molecule has 0 bridgehead atoms. The molecule has 128 valence electrons. The standard InChI is InChI=1S/C15H15NO6S2/c1-22-15(17)13-9-7-12(8-10-13)11-23(18,19)16-24(20,21)14-5-3-2-4-6-14/h2-10,16H,11H2,1H3. The largest absolute Gasteiger partial charge is 0.465 e. The Labute approximate surface area is 140 Å². The van der Waals surface area contributed by atoms with Crippen molar-refractivity contribution in [1.29, 1.82) is 0 Å². The molecule has 2 rings (SSSR count). The lowest BCUT2D eigenvalue weighted by Crippen LogP contribution is -2.31. The Kier molecular flexibility index (Phi) is 5.37. The van der Waals surface area contributed by atoms with Gasteiger partial charge in [0.15, 0.2) is 0 Å². The van der Waals surface area contributed by atoms with Crippen LogP contribution in [0.1, 0.15) is 15.9 Å². The minimum Gasteiger partial charge on any atom is -0.465 e. The fraction of sp³-hybridized carbons (Fsp3) is 0.133. The second-order valence-corrected chi connectivity index (χ2v) is 8.51. The SMILES string of the molecule is COC(=O)c1ccc(CS(=O)(=O)NS(=O)(=O)c2ccccc2)cc1. The molecule has 0 aromatic heterocycles. The van der Waals surface area contributed by atoms with Gasteiger partial charge in [0.25, 0.3) is 10.0 Å². The quantitative estimate of drug-likeness (QED) is 0.769. The zero-order valence-corrected chi connectivity index (χ0v) is 14.3. The fourth-order valence-electron chi connectivity index (χ4n) is 1.92. The lowest BCUT2D eigenvalue weighted by molar-refractivity contribution is 0.0600. The van der Waals surface area contributed by atoms with Crippen molar-refractivity contribution >= 4 is 26.0 Å². The van der Waals surface area contributed by atoms with Gasteiger partial charge in [-0.3, -0.25) is 0 Å². The van der Waals surface area contributed by atoms with Crippen LogP contribution >= 0.6 is 0 Å². The summed E-state index contributed by atoms with van der Waals surface area (Å²) in [6.45, 7) is 0. The van der Waals surface area contributed by atoms with Crippen LogP contribution in [0.15, 0.2) is 59.5 Å². The summed E-state index contributed by atoms with van der Waals surface area (Å²) in [5, 5.41) is 0. The molecule has 0 saturated carbocycles. The third-order valence-electron chi connectivity index (χ3n) is 3.02. The summed E-state index contributed by atoms with van der Waals surface area (Å²) in [6, 6.07) is 12.8. The van der Waals surface area contributed by atoms with Crippen LogP contribution in [0.5, 0.6) is 0 Å². The molecule has 0 atom stereocenters. The van der Waals surface area contributed by atoms with Crippen LogP contribution < -0.4 is 4.13 Å². The van der Waals surface area contributed by atoms with Gasteiger partial charge in [0.05, 0.1) is 23.3 Å². The van der Waals surface area contributed by atoms with E-state index in [9.17, 15) is 21.6 Å². The lowest BCUT2D eigenvalue weighted by Gasteiger charge is -2.08. The minimum absolute atomic E-state index is 0.144. The fourth-order valence-corrected chi connectivity index (χ4v) is 5.02.